The third-order valence-corrected chi connectivity index (χ3v) is 3.79. The lowest BCUT2D eigenvalue weighted by Crippen LogP contribution is -2.11. The van der Waals surface area contributed by atoms with E-state index in [1.165, 1.54) is 12.1 Å². The second-order valence-corrected chi connectivity index (χ2v) is 5.36. The summed E-state index contributed by atoms with van der Waals surface area (Å²) in [4.78, 5) is 12.4. The van der Waals surface area contributed by atoms with E-state index in [0.29, 0.717) is 21.2 Å². The summed E-state index contributed by atoms with van der Waals surface area (Å²) >= 11 is 17.5. The first-order chi connectivity index (χ1) is 9.52. The van der Waals surface area contributed by atoms with Crippen LogP contribution in [-0.2, 0) is 0 Å². The number of halogens is 3. The molecule has 2 rings (SSSR count). The Morgan fingerprint density at radius 1 is 1.00 bits per heavy atom. The molecule has 0 saturated carbocycles. The van der Waals surface area contributed by atoms with E-state index >= 15 is 0 Å². The molecule has 20 heavy (non-hydrogen) atoms. The Labute approximate surface area is 131 Å². The Bertz CT molecular complexity index is 689. The van der Waals surface area contributed by atoms with Gasteiger partial charge in [0.2, 0.25) is 0 Å². The second-order valence-electron chi connectivity index (χ2n) is 4.11. The molecule has 0 radical (unpaired) electrons. The number of hydrogen-bond donors (Lipinski definition) is 0. The molecule has 0 spiro atoms. The van der Waals surface area contributed by atoms with E-state index < -0.39 is 5.92 Å². The maximum absolute atomic E-state index is 12.4. The molecule has 0 aliphatic carbocycles. The summed E-state index contributed by atoms with van der Waals surface area (Å²) in [5.74, 6) is -1.22. The number of Topliss-reactive ketones (excluding diaryl/α,β-unsaturated/α-hetero) is 1. The number of carbonyl (C=O) groups excluding carboxylic acids is 1. The first-order valence-corrected chi connectivity index (χ1v) is 6.80. The fourth-order valence-electron chi connectivity index (χ4n) is 1.76. The van der Waals surface area contributed by atoms with Crippen molar-refractivity contribution in [3.63, 3.8) is 0 Å². The zero-order valence-electron chi connectivity index (χ0n) is 10.1. The zero-order valence-corrected chi connectivity index (χ0v) is 12.4. The molecule has 0 aromatic heterocycles. The summed E-state index contributed by atoms with van der Waals surface area (Å²) in [6, 6.07) is 13.2. The van der Waals surface area contributed by atoms with Crippen molar-refractivity contribution >= 4 is 40.6 Å². The van der Waals surface area contributed by atoms with Crippen molar-refractivity contribution in [3.05, 3.63) is 68.7 Å². The van der Waals surface area contributed by atoms with E-state index in [1.807, 2.05) is 6.07 Å². The molecular weight excluding hydrogens is 317 g/mol. The predicted octanol–water partition coefficient (Wildman–Crippen LogP) is 5.14. The van der Waals surface area contributed by atoms with Gasteiger partial charge >= 0.3 is 0 Å². The van der Waals surface area contributed by atoms with Gasteiger partial charge in [0.15, 0.2) is 5.78 Å². The van der Waals surface area contributed by atoms with Gasteiger partial charge in [0, 0.05) is 10.6 Å². The van der Waals surface area contributed by atoms with Crippen LogP contribution in [0.4, 0.5) is 0 Å². The van der Waals surface area contributed by atoms with Crippen molar-refractivity contribution in [1.29, 1.82) is 5.26 Å². The van der Waals surface area contributed by atoms with E-state index in [2.05, 4.69) is 0 Å². The molecule has 5 heteroatoms. The van der Waals surface area contributed by atoms with Crippen LogP contribution in [0.1, 0.15) is 21.8 Å². The number of ketones is 1. The van der Waals surface area contributed by atoms with Crippen LogP contribution in [0.15, 0.2) is 42.5 Å². The van der Waals surface area contributed by atoms with Crippen LogP contribution in [0, 0.1) is 11.3 Å². The Hall–Kier alpha value is -1.53. The lowest BCUT2D eigenvalue weighted by Gasteiger charge is -2.09. The van der Waals surface area contributed by atoms with Gasteiger partial charge in [0.25, 0.3) is 0 Å². The van der Waals surface area contributed by atoms with Crippen molar-refractivity contribution in [3.8, 4) is 6.07 Å². The van der Waals surface area contributed by atoms with Crippen LogP contribution < -0.4 is 0 Å². The van der Waals surface area contributed by atoms with E-state index in [9.17, 15) is 10.1 Å². The van der Waals surface area contributed by atoms with E-state index in [-0.39, 0.29) is 10.8 Å². The molecular formula is C15H8Cl3NO. The van der Waals surface area contributed by atoms with Crippen LogP contribution in [-0.4, -0.2) is 5.78 Å². The third kappa shape index (κ3) is 3.13. The fourth-order valence-corrected chi connectivity index (χ4v) is 2.18. The van der Waals surface area contributed by atoms with Gasteiger partial charge in [0.1, 0.15) is 5.92 Å². The maximum atomic E-state index is 12.4. The minimum absolute atomic E-state index is 0.283. The van der Waals surface area contributed by atoms with Crippen LogP contribution in [0.5, 0.6) is 0 Å². The fraction of sp³-hybridized carbons (Fsp3) is 0.0667. The number of nitrogens with zero attached hydrogens (tertiary/aromatic N) is 1. The van der Waals surface area contributed by atoms with E-state index in [4.69, 9.17) is 34.8 Å². The smallest absolute Gasteiger partial charge is 0.184 e. The molecule has 2 aromatic rings. The highest BCUT2D eigenvalue weighted by Gasteiger charge is 2.22. The van der Waals surface area contributed by atoms with Crippen molar-refractivity contribution < 1.29 is 4.79 Å². The monoisotopic (exact) mass is 323 g/mol. The third-order valence-electron chi connectivity index (χ3n) is 2.80. The first-order valence-electron chi connectivity index (χ1n) is 5.67. The summed E-state index contributed by atoms with van der Waals surface area (Å²) in [7, 11) is 0. The average Bonchev–Trinajstić information content (AvgIpc) is 2.44. The molecule has 1 unspecified atom stereocenters. The van der Waals surface area contributed by atoms with Gasteiger partial charge in [-0.1, -0.05) is 46.9 Å². The summed E-state index contributed by atoms with van der Waals surface area (Å²) in [5.41, 5.74) is 0.939. The molecule has 1 atom stereocenters. The Balaban J connectivity index is 2.36. The van der Waals surface area contributed by atoms with Gasteiger partial charge < -0.3 is 0 Å². The molecule has 0 aliphatic heterocycles. The normalized spacial score (nSPS) is 11.7. The van der Waals surface area contributed by atoms with E-state index in [0.717, 1.165) is 0 Å². The standard InChI is InChI=1S/C15H8Cl3NO/c16-11-4-1-9(2-5-11)12(8-19)15(20)10-3-6-13(17)14(18)7-10/h1-7,12H. The summed E-state index contributed by atoms with van der Waals surface area (Å²) in [5, 5.41) is 10.4. The van der Waals surface area contributed by atoms with E-state index in [1.54, 1.807) is 30.3 Å². The number of hydrogen-bond acceptors (Lipinski definition) is 2. The highest BCUT2D eigenvalue weighted by atomic mass is 35.5. The number of benzene rings is 2. The first kappa shape index (κ1) is 14.9. The van der Waals surface area contributed by atoms with Gasteiger partial charge in [-0.2, -0.15) is 5.26 Å². The SMILES string of the molecule is N#CC(C(=O)c1ccc(Cl)c(Cl)c1)c1ccc(Cl)cc1. The van der Waals surface area contributed by atoms with Gasteiger partial charge in [-0.3, -0.25) is 4.79 Å². The van der Waals surface area contributed by atoms with Crippen LogP contribution in [0.25, 0.3) is 0 Å². The maximum Gasteiger partial charge on any atom is 0.184 e. The largest absolute Gasteiger partial charge is 0.292 e. The highest BCUT2D eigenvalue weighted by Crippen LogP contribution is 2.27. The average molecular weight is 325 g/mol. The molecule has 0 fully saturated rings. The lowest BCUT2D eigenvalue weighted by molar-refractivity contribution is 0.0979. The lowest BCUT2D eigenvalue weighted by atomic mass is 9.92. The minimum atomic E-state index is -0.899. The Morgan fingerprint density at radius 3 is 2.20 bits per heavy atom. The molecule has 0 bridgehead atoms. The van der Waals surface area contributed by atoms with Gasteiger partial charge in [-0.15, -0.1) is 0 Å². The minimum Gasteiger partial charge on any atom is -0.292 e. The predicted molar refractivity (Wildman–Crippen MR) is 80.6 cm³/mol. The highest BCUT2D eigenvalue weighted by molar-refractivity contribution is 6.42. The van der Waals surface area contributed by atoms with Crippen molar-refractivity contribution in [2.24, 2.45) is 0 Å². The second kappa shape index (κ2) is 6.28. The van der Waals surface area contributed by atoms with Crippen molar-refractivity contribution in [2.45, 2.75) is 5.92 Å². The number of rotatable bonds is 3. The zero-order chi connectivity index (χ0) is 14.7. The molecule has 2 aromatic carbocycles. The van der Waals surface area contributed by atoms with Crippen LogP contribution >= 0.6 is 34.8 Å². The molecule has 0 aliphatic rings. The van der Waals surface area contributed by atoms with Gasteiger partial charge in [0.05, 0.1) is 16.1 Å². The Kier molecular flexibility index (Phi) is 4.67. The molecule has 0 saturated heterocycles. The van der Waals surface area contributed by atoms with Crippen LogP contribution in [0.2, 0.25) is 15.1 Å². The van der Waals surface area contributed by atoms with Gasteiger partial charge in [-0.25, -0.2) is 0 Å². The van der Waals surface area contributed by atoms with Crippen LogP contribution in [0.3, 0.4) is 0 Å². The molecule has 2 nitrogen and oxygen atoms in total. The summed E-state index contributed by atoms with van der Waals surface area (Å²) in [6.07, 6.45) is 0. The van der Waals surface area contributed by atoms with Crippen molar-refractivity contribution in [2.75, 3.05) is 0 Å². The van der Waals surface area contributed by atoms with Crippen molar-refractivity contribution in [1.82, 2.24) is 0 Å². The van der Waals surface area contributed by atoms with Gasteiger partial charge in [-0.05, 0) is 35.9 Å². The topological polar surface area (TPSA) is 40.9 Å². The number of nitriles is 1. The Morgan fingerprint density at radius 2 is 1.65 bits per heavy atom. The molecule has 0 heterocycles. The molecule has 0 amide bonds. The summed E-state index contributed by atoms with van der Waals surface area (Å²) < 4.78 is 0. The quantitative estimate of drug-likeness (QED) is 0.734. The molecule has 100 valence electrons. The number of carbonyl (C=O) groups is 1. The summed E-state index contributed by atoms with van der Waals surface area (Å²) in [6.45, 7) is 0. The molecule has 0 N–H and O–H groups in total.